The first-order valence-electron chi connectivity index (χ1n) is 11.0. The molecule has 2 saturated carbocycles. The minimum Gasteiger partial charge on any atom is -0.347 e. The quantitative estimate of drug-likeness (QED) is 0.500. The van der Waals surface area contributed by atoms with Crippen LogP contribution in [0.15, 0.2) is 48.5 Å². The number of nitrogens with one attached hydrogen (secondary N) is 1. The number of hydrogen-bond acceptors (Lipinski definition) is 1. The van der Waals surface area contributed by atoms with E-state index in [2.05, 4.69) is 26.1 Å². The summed E-state index contributed by atoms with van der Waals surface area (Å²) in [5.41, 5.74) is 2.73. The Morgan fingerprint density at radius 3 is 2.58 bits per heavy atom. The molecule has 3 aromatic rings. The van der Waals surface area contributed by atoms with Crippen molar-refractivity contribution in [1.29, 1.82) is 0 Å². The minimum atomic E-state index is -0.266. The molecule has 0 aliphatic heterocycles. The summed E-state index contributed by atoms with van der Waals surface area (Å²) in [4.78, 5) is 13.6. The minimum absolute atomic E-state index is 0.0544. The normalized spacial score (nSPS) is 26.5. The lowest BCUT2D eigenvalue weighted by atomic mass is 9.68. The van der Waals surface area contributed by atoms with Crippen molar-refractivity contribution < 1.29 is 9.18 Å². The summed E-state index contributed by atoms with van der Waals surface area (Å²) in [7, 11) is 0. The third-order valence-corrected chi connectivity index (χ3v) is 8.13. The molecule has 2 bridgehead atoms. The molecule has 0 radical (unpaired) electrons. The van der Waals surface area contributed by atoms with E-state index in [-0.39, 0.29) is 28.6 Å². The highest BCUT2D eigenvalue weighted by atomic mass is 35.5. The molecular weight excluding hydrogens is 411 g/mol. The summed E-state index contributed by atoms with van der Waals surface area (Å²) in [6, 6.07) is 14.2. The van der Waals surface area contributed by atoms with Crippen LogP contribution in [0, 0.1) is 22.6 Å². The van der Waals surface area contributed by atoms with Crippen molar-refractivity contribution in [2.24, 2.45) is 16.7 Å². The second-order valence-electron chi connectivity index (χ2n) is 10.3. The highest BCUT2D eigenvalue weighted by Crippen LogP contribution is 2.62. The van der Waals surface area contributed by atoms with Gasteiger partial charge in [-0.1, -0.05) is 44.5 Å². The predicted octanol–water partition coefficient (Wildman–Crippen LogP) is 6.43. The lowest BCUT2D eigenvalue weighted by Gasteiger charge is -2.43. The van der Waals surface area contributed by atoms with E-state index in [4.69, 9.17) is 11.6 Å². The Labute approximate surface area is 187 Å². The number of amides is 1. The summed E-state index contributed by atoms with van der Waals surface area (Å²) in [6.07, 6.45) is 3.60. The van der Waals surface area contributed by atoms with E-state index < -0.39 is 0 Å². The standard InChI is InChI=1S/C26H28ClFN2O/c1-25(2)18-10-11-26(3,14-18)24(25)29-23(31)22-13-17-12-19(27)6-9-21(17)30(22)15-16-4-7-20(28)8-5-16/h4-9,12-13,18,24H,10-11,14-15H2,1-3H3,(H,29,31)/t18?,24?,26-/m0/s1. The molecule has 5 rings (SSSR count). The average molecular weight is 439 g/mol. The third-order valence-electron chi connectivity index (χ3n) is 7.90. The van der Waals surface area contributed by atoms with Crippen LogP contribution in [-0.4, -0.2) is 16.5 Å². The fourth-order valence-electron chi connectivity index (χ4n) is 6.24. The molecule has 2 aliphatic rings. The highest BCUT2D eigenvalue weighted by Gasteiger charge is 2.59. The van der Waals surface area contributed by atoms with Crippen LogP contribution < -0.4 is 5.32 Å². The molecule has 162 valence electrons. The molecule has 1 aromatic heterocycles. The van der Waals surface area contributed by atoms with Gasteiger partial charge < -0.3 is 9.88 Å². The number of halogens is 2. The van der Waals surface area contributed by atoms with Crippen LogP contribution in [0.4, 0.5) is 4.39 Å². The van der Waals surface area contributed by atoms with Crippen molar-refractivity contribution in [3.63, 3.8) is 0 Å². The van der Waals surface area contributed by atoms with Crippen molar-refractivity contribution in [2.75, 3.05) is 0 Å². The molecule has 2 aliphatic carbocycles. The van der Waals surface area contributed by atoms with Crippen LogP contribution in [0.2, 0.25) is 5.02 Å². The van der Waals surface area contributed by atoms with E-state index in [1.54, 1.807) is 12.1 Å². The number of aromatic nitrogens is 1. The first-order chi connectivity index (χ1) is 14.7. The first kappa shape index (κ1) is 20.6. The van der Waals surface area contributed by atoms with Crippen molar-refractivity contribution in [2.45, 2.75) is 52.6 Å². The van der Waals surface area contributed by atoms with E-state index in [9.17, 15) is 9.18 Å². The molecule has 2 aromatic carbocycles. The van der Waals surface area contributed by atoms with Gasteiger partial charge in [0.15, 0.2) is 0 Å². The zero-order valence-corrected chi connectivity index (χ0v) is 19.0. The van der Waals surface area contributed by atoms with E-state index in [0.717, 1.165) is 16.5 Å². The van der Waals surface area contributed by atoms with E-state index >= 15 is 0 Å². The number of rotatable bonds is 4. The SMILES string of the molecule is CC1(C)C2CC[C@@](C)(C2)C1NC(=O)c1cc2cc(Cl)ccc2n1Cc1ccc(F)cc1. The van der Waals surface area contributed by atoms with Gasteiger partial charge >= 0.3 is 0 Å². The summed E-state index contributed by atoms with van der Waals surface area (Å²) in [5, 5.41) is 4.98. The highest BCUT2D eigenvalue weighted by molar-refractivity contribution is 6.31. The molecule has 2 unspecified atom stereocenters. The summed E-state index contributed by atoms with van der Waals surface area (Å²) >= 11 is 6.22. The van der Waals surface area contributed by atoms with E-state index in [1.807, 2.05) is 28.8 Å². The number of nitrogens with zero attached hydrogens (tertiary/aromatic N) is 1. The molecule has 1 amide bonds. The zero-order chi connectivity index (χ0) is 22.0. The summed E-state index contributed by atoms with van der Waals surface area (Å²) in [5.74, 6) is 0.339. The number of carbonyl (C=O) groups excluding carboxylic acids is 1. The van der Waals surface area contributed by atoms with Crippen molar-refractivity contribution in [3.8, 4) is 0 Å². The molecular formula is C26H28ClFN2O. The van der Waals surface area contributed by atoms with Crippen LogP contribution in [0.25, 0.3) is 10.9 Å². The van der Waals surface area contributed by atoms with Crippen LogP contribution in [0.1, 0.15) is 56.1 Å². The maximum atomic E-state index is 13.6. The van der Waals surface area contributed by atoms with Gasteiger partial charge in [0.25, 0.3) is 5.91 Å². The Balaban J connectivity index is 1.52. The van der Waals surface area contributed by atoms with Crippen LogP contribution >= 0.6 is 11.6 Å². The number of fused-ring (bicyclic) bond motifs is 3. The van der Waals surface area contributed by atoms with Gasteiger partial charge in [0.05, 0.1) is 0 Å². The molecule has 2 fully saturated rings. The first-order valence-corrected chi connectivity index (χ1v) is 11.4. The van der Waals surface area contributed by atoms with Crippen molar-refractivity contribution in [1.82, 2.24) is 9.88 Å². The van der Waals surface area contributed by atoms with Gasteiger partial charge in [-0.2, -0.15) is 0 Å². The molecule has 3 atom stereocenters. The predicted molar refractivity (Wildman–Crippen MR) is 123 cm³/mol. The Bertz CT molecular complexity index is 1160. The van der Waals surface area contributed by atoms with Gasteiger partial charge in [-0.05, 0) is 78.0 Å². The summed E-state index contributed by atoms with van der Waals surface area (Å²) in [6.45, 7) is 7.39. The molecule has 31 heavy (non-hydrogen) atoms. The number of hydrogen-bond donors (Lipinski definition) is 1. The average Bonchev–Trinajstić information content (AvgIpc) is 3.33. The van der Waals surface area contributed by atoms with Crippen LogP contribution in [0.5, 0.6) is 0 Å². The number of carbonyl (C=O) groups is 1. The Kier molecular flexibility index (Phi) is 4.71. The van der Waals surface area contributed by atoms with E-state index in [1.165, 1.54) is 31.4 Å². The molecule has 0 spiro atoms. The summed E-state index contributed by atoms with van der Waals surface area (Å²) < 4.78 is 15.4. The molecule has 1 heterocycles. The Morgan fingerprint density at radius 1 is 1.16 bits per heavy atom. The monoisotopic (exact) mass is 438 g/mol. The molecule has 3 nitrogen and oxygen atoms in total. The van der Waals surface area contributed by atoms with Crippen molar-refractivity contribution >= 4 is 28.4 Å². The van der Waals surface area contributed by atoms with Gasteiger partial charge in [0.2, 0.25) is 0 Å². The largest absolute Gasteiger partial charge is 0.347 e. The molecule has 1 N–H and O–H groups in total. The van der Waals surface area contributed by atoms with Gasteiger partial charge in [-0.25, -0.2) is 4.39 Å². The lowest BCUT2D eigenvalue weighted by Crippen LogP contribution is -2.52. The maximum Gasteiger partial charge on any atom is 0.268 e. The second kappa shape index (κ2) is 7.09. The second-order valence-corrected chi connectivity index (χ2v) is 10.7. The van der Waals surface area contributed by atoms with Gasteiger partial charge in [0.1, 0.15) is 11.5 Å². The van der Waals surface area contributed by atoms with Gasteiger partial charge in [-0.3, -0.25) is 4.79 Å². The van der Waals surface area contributed by atoms with Crippen LogP contribution in [-0.2, 0) is 6.54 Å². The van der Waals surface area contributed by atoms with Crippen molar-refractivity contribution in [3.05, 3.63) is 70.6 Å². The Hall–Kier alpha value is -2.33. The molecule has 0 saturated heterocycles. The topological polar surface area (TPSA) is 34.0 Å². The zero-order valence-electron chi connectivity index (χ0n) is 18.2. The lowest BCUT2D eigenvalue weighted by molar-refractivity contribution is 0.0730. The fourth-order valence-corrected chi connectivity index (χ4v) is 6.42. The maximum absolute atomic E-state index is 13.6. The van der Waals surface area contributed by atoms with Gasteiger partial charge in [0, 0.05) is 28.5 Å². The Morgan fingerprint density at radius 2 is 1.90 bits per heavy atom. The number of benzene rings is 2. The van der Waals surface area contributed by atoms with Gasteiger partial charge in [-0.15, -0.1) is 0 Å². The molecule has 5 heteroatoms. The fraction of sp³-hybridized carbons (Fsp3) is 0.423. The van der Waals surface area contributed by atoms with E-state index in [0.29, 0.717) is 23.2 Å². The smallest absolute Gasteiger partial charge is 0.268 e. The van der Waals surface area contributed by atoms with Crippen LogP contribution in [0.3, 0.4) is 0 Å². The third kappa shape index (κ3) is 3.36.